The van der Waals surface area contributed by atoms with Crippen molar-refractivity contribution in [2.45, 2.75) is 37.8 Å². The lowest BCUT2D eigenvalue weighted by Crippen LogP contribution is -2.50. The van der Waals surface area contributed by atoms with Crippen molar-refractivity contribution in [1.82, 2.24) is 10.6 Å². The molecule has 7 nitrogen and oxygen atoms in total. The Morgan fingerprint density at radius 2 is 1.57 bits per heavy atom. The van der Waals surface area contributed by atoms with E-state index in [9.17, 15) is 18.0 Å². The predicted octanol–water partition coefficient (Wildman–Crippen LogP) is 2.92. The summed E-state index contributed by atoms with van der Waals surface area (Å²) < 4.78 is 29.7. The van der Waals surface area contributed by atoms with Crippen molar-refractivity contribution in [1.29, 1.82) is 0 Å². The summed E-state index contributed by atoms with van der Waals surface area (Å²) in [4.78, 5) is 24.8. The highest BCUT2D eigenvalue weighted by Gasteiger charge is 2.24. The molecule has 0 saturated heterocycles. The minimum Gasteiger partial charge on any atom is -0.445 e. The molecule has 30 heavy (non-hydrogen) atoms. The number of benzene rings is 2. The van der Waals surface area contributed by atoms with E-state index < -0.39 is 22.0 Å². The number of carbonyl (C=O) groups excluding carboxylic acids is 2. The molecule has 0 aromatic heterocycles. The van der Waals surface area contributed by atoms with Crippen molar-refractivity contribution in [3.8, 4) is 0 Å². The second-order valence-corrected chi connectivity index (χ2v) is 9.31. The number of rotatable bonds is 10. The van der Waals surface area contributed by atoms with E-state index >= 15 is 0 Å². The van der Waals surface area contributed by atoms with Crippen LogP contribution in [0.4, 0.5) is 4.79 Å². The smallest absolute Gasteiger partial charge is 0.408 e. The number of hydrogen-bond donors (Lipinski definition) is 2. The van der Waals surface area contributed by atoms with Crippen LogP contribution in [-0.4, -0.2) is 38.8 Å². The summed E-state index contributed by atoms with van der Waals surface area (Å²) in [6, 6.07) is 16.6. The Bertz CT molecular complexity index is 915. The zero-order valence-corrected chi connectivity index (χ0v) is 18.0. The fourth-order valence-electron chi connectivity index (χ4n) is 2.76. The third kappa shape index (κ3) is 7.51. The Labute approximate surface area is 177 Å². The number of hydrogen-bond acceptors (Lipinski definition) is 5. The van der Waals surface area contributed by atoms with Gasteiger partial charge in [0.1, 0.15) is 12.6 Å². The summed E-state index contributed by atoms with van der Waals surface area (Å²) >= 11 is 0. The summed E-state index contributed by atoms with van der Waals surface area (Å²) in [5.74, 6) is -0.614. The minimum absolute atomic E-state index is 0.0732. The minimum atomic E-state index is -3.39. The third-order valence-corrected chi connectivity index (χ3v) is 6.24. The summed E-state index contributed by atoms with van der Waals surface area (Å²) in [6.45, 7) is 3.91. The van der Waals surface area contributed by atoms with Crippen molar-refractivity contribution >= 4 is 21.8 Å². The molecule has 8 heteroatoms. The number of carbonyl (C=O) groups is 2. The first-order valence-electron chi connectivity index (χ1n) is 9.82. The predicted molar refractivity (Wildman–Crippen MR) is 115 cm³/mol. The molecular weight excluding hydrogens is 404 g/mol. The normalized spacial score (nSPS) is 12.2. The van der Waals surface area contributed by atoms with Gasteiger partial charge in [0, 0.05) is 6.54 Å². The molecule has 0 spiro atoms. The van der Waals surface area contributed by atoms with Gasteiger partial charge in [0.05, 0.1) is 10.6 Å². The number of ether oxygens (including phenoxy) is 1. The van der Waals surface area contributed by atoms with Gasteiger partial charge in [-0.2, -0.15) is 0 Å². The van der Waals surface area contributed by atoms with E-state index in [4.69, 9.17) is 4.74 Å². The van der Waals surface area contributed by atoms with Gasteiger partial charge < -0.3 is 15.4 Å². The molecule has 2 amide bonds. The van der Waals surface area contributed by atoms with Gasteiger partial charge in [-0.25, -0.2) is 13.2 Å². The second kappa shape index (κ2) is 11.3. The van der Waals surface area contributed by atoms with Gasteiger partial charge >= 0.3 is 6.09 Å². The van der Waals surface area contributed by atoms with E-state index in [1.807, 2.05) is 44.2 Å². The van der Waals surface area contributed by atoms with E-state index in [-0.39, 0.29) is 42.0 Å². The van der Waals surface area contributed by atoms with Crippen molar-refractivity contribution in [2.75, 3.05) is 12.3 Å². The molecule has 2 N–H and O–H groups in total. The molecule has 0 saturated carbocycles. The van der Waals surface area contributed by atoms with Crippen LogP contribution in [0.5, 0.6) is 0 Å². The van der Waals surface area contributed by atoms with Crippen molar-refractivity contribution in [2.24, 2.45) is 5.92 Å². The maximum Gasteiger partial charge on any atom is 0.408 e. The fourth-order valence-corrected chi connectivity index (χ4v) is 4.09. The van der Waals surface area contributed by atoms with Crippen molar-refractivity contribution < 1.29 is 22.7 Å². The summed E-state index contributed by atoms with van der Waals surface area (Å²) in [6.07, 6.45) is -0.411. The Balaban J connectivity index is 1.78. The van der Waals surface area contributed by atoms with Crippen LogP contribution in [0, 0.1) is 5.92 Å². The van der Waals surface area contributed by atoms with Crippen molar-refractivity contribution in [3.63, 3.8) is 0 Å². The largest absolute Gasteiger partial charge is 0.445 e. The molecule has 0 radical (unpaired) electrons. The number of amides is 2. The van der Waals surface area contributed by atoms with Gasteiger partial charge in [-0.1, -0.05) is 62.4 Å². The Kier molecular flexibility index (Phi) is 8.86. The molecule has 1 atom stereocenters. The summed E-state index contributed by atoms with van der Waals surface area (Å²) in [7, 11) is -3.39. The number of alkyl carbamates (subject to hydrolysis) is 1. The Morgan fingerprint density at radius 1 is 0.967 bits per heavy atom. The first-order valence-corrected chi connectivity index (χ1v) is 11.5. The monoisotopic (exact) mass is 432 g/mol. The van der Waals surface area contributed by atoms with Crippen LogP contribution < -0.4 is 10.6 Å². The number of nitrogens with one attached hydrogen (secondary N) is 2. The van der Waals surface area contributed by atoms with Crippen LogP contribution in [-0.2, 0) is 26.0 Å². The van der Waals surface area contributed by atoms with Gasteiger partial charge in [0.15, 0.2) is 9.84 Å². The molecule has 2 rings (SSSR count). The van der Waals surface area contributed by atoms with E-state index in [0.717, 1.165) is 5.56 Å². The fraction of sp³-hybridized carbons (Fsp3) is 0.364. The van der Waals surface area contributed by atoms with Crippen LogP contribution >= 0.6 is 0 Å². The molecule has 162 valence electrons. The zero-order valence-electron chi connectivity index (χ0n) is 17.2. The lowest BCUT2D eigenvalue weighted by atomic mass is 10.0. The average molecular weight is 433 g/mol. The van der Waals surface area contributed by atoms with Gasteiger partial charge in [0.2, 0.25) is 5.91 Å². The highest BCUT2D eigenvalue weighted by molar-refractivity contribution is 7.91. The molecule has 0 fully saturated rings. The van der Waals surface area contributed by atoms with Crippen LogP contribution in [0.2, 0.25) is 0 Å². The van der Waals surface area contributed by atoms with Gasteiger partial charge in [-0.05, 0) is 30.0 Å². The highest BCUT2D eigenvalue weighted by atomic mass is 32.2. The Hall–Kier alpha value is -2.87. The topological polar surface area (TPSA) is 102 Å². The molecule has 0 heterocycles. The highest BCUT2D eigenvalue weighted by Crippen LogP contribution is 2.11. The van der Waals surface area contributed by atoms with Crippen LogP contribution in [0.15, 0.2) is 65.6 Å². The standard InChI is InChI=1S/C22H28N2O5S/c1-17(2)20(24-22(26)29-16-18-10-5-3-6-11-18)21(25)23-14-9-15-30(27,28)19-12-7-4-8-13-19/h3-8,10-13,17,20H,9,14-16H2,1-2H3,(H,23,25)(H,24,26)/t20-/m0/s1. The molecule has 0 bridgehead atoms. The summed E-state index contributed by atoms with van der Waals surface area (Å²) in [5, 5.41) is 5.27. The lowest BCUT2D eigenvalue weighted by Gasteiger charge is -2.21. The zero-order chi connectivity index (χ0) is 22.0. The van der Waals surface area contributed by atoms with Crippen LogP contribution in [0.1, 0.15) is 25.8 Å². The second-order valence-electron chi connectivity index (χ2n) is 7.20. The van der Waals surface area contributed by atoms with Crippen LogP contribution in [0.25, 0.3) is 0 Å². The van der Waals surface area contributed by atoms with E-state index in [1.54, 1.807) is 30.3 Å². The lowest BCUT2D eigenvalue weighted by molar-refractivity contribution is -0.124. The van der Waals surface area contributed by atoms with E-state index in [1.165, 1.54) is 0 Å². The molecule has 0 aliphatic carbocycles. The first kappa shape index (κ1) is 23.4. The van der Waals surface area contributed by atoms with Crippen molar-refractivity contribution in [3.05, 3.63) is 66.2 Å². The molecule has 2 aromatic carbocycles. The molecule has 0 aliphatic rings. The molecule has 0 aliphatic heterocycles. The SMILES string of the molecule is CC(C)[C@H](NC(=O)OCc1ccccc1)C(=O)NCCCS(=O)(=O)c1ccccc1. The van der Waals surface area contributed by atoms with E-state index in [2.05, 4.69) is 10.6 Å². The quantitative estimate of drug-likeness (QED) is 0.562. The van der Waals surface area contributed by atoms with E-state index in [0.29, 0.717) is 0 Å². The molecular formula is C22H28N2O5S. The number of sulfone groups is 1. The first-order chi connectivity index (χ1) is 14.3. The van der Waals surface area contributed by atoms with Gasteiger partial charge in [0.25, 0.3) is 0 Å². The maximum absolute atomic E-state index is 12.5. The third-order valence-electron chi connectivity index (χ3n) is 4.43. The van der Waals surface area contributed by atoms with Gasteiger partial charge in [-0.3, -0.25) is 4.79 Å². The maximum atomic E-state index is 12.5. The van der Waals surface area contributed by atoms with Crippen LogP contribution in [0.3, 0.4) is 0 Å². The molecule has 0 unspecified atom stereocenters. The Morgan fingerprint density at radius 3 is 2.17 bits per heavy atom. The summed E-state index contributed by atoms with van der Waals surface area (Å²) in [5.41, 5.74) is 0.845. The average Bonchev–Trinajstić information content (AvgIpc) is 2.74. The molecule has 2 aromatic rings. The van der Waals surface area contributed by atoms with Gasteiger partial charge in [-0.15, -0.1) is 0 Å².